The summed E-state index contributed by atoms with van der Waals surface area (Å²) in [5, 5.41) is 9.58. The van der Waals surface area contributed by atoms with Crippen molar-refractivity contribution in [3.63, 3.8) is 0 Å². The first-order chi connectivity index (χ1) is 26.1. The van der Waals surface area contributed by atoms with Crippen molar-refractivity contribution >= 4 is 17.9 Å². The number of hydrogen-bond acceptors (Lipinski definition) is 6. The molecule has 0 aromatic rings. The number of likely N-dealkylation sites (N-methyl/N-ethyl adjacent to an activating group) is 1. The Morgan fingerprint density at radius 1 is 0.593 bits per heavy atom. The Hall–Kier alpha value is -3.75. The highest BCUT2D eigenvalue weighted by molar-refractivity contribution is 5.72. The molecule has 1 N–H and O–H groups in total. The molecular weight excluding hydrogens is 679 g/mol. The number of carbonyl (C=O) groups is 3. The van der Waals surface area contributed by atoms with E-state index >= 15 is 0 Å². The number of esters is 2. The molecule has 304 valence electrons. The van der Waals surface area contributed by atoms with E-state index in [0.29, 0.717) is 12.8 Å². The van der Waals surface area contributed by atoms with Crippen LogP contribution in [-0.4, -0.2) is 80.6 Å². The van der Waals surface area contributed by atoms with Crippen LogP contribution in [0.2, 0.25) is 0 Å². The van der Waals surface area contributed by atoms with Crippen molar-refractivity contribution in [2.45, 2.75) is 135 Å². The summed E-state index contributed by atoms with van der Waals surface area (Å²) in [6, 6.07) is -0.638. The number of allylic oxidation sites excluding steroid dienone is 15. The molecule has 8 heteroatoms. The summed E-state index contributed by atoms with van der Waals surface area (Å²) < 4.78 is 17.0. The lowest BCUT2D eigenvalue weighted by molar-refractivity contribution is -0.887. The smallest absolute Gasteiger partial charge is 0.362 e. The zero-order valence-electron chi connectivity index (χ0n) is 34.4. The summed E-state index contributed by atoms with van der Waals surface area (Å²) in [5.41, 5.74) is 0. The van der Waals surface area contributed by atoms with Crippen LogP contribution >= 0.6 is 0 Å². The number of unbranched alkanes of at least 4 members (excludes halogenated alkanes) is 5. The third kappa shape index (κ3) is 34.0. The molecule has 0 radical (unpaired) electrons. The van der Waals surface area contributed by atoms with Crippen molar-refractivity contribution in [2.24, 2.45) is 0 Å². The number of carboxylic acids is 1. The molecule has 0 aliphatic carbocycles. The first kappa shape index (κ1) is 50.2. The van der Waals surface area contributed by atoms with Gasteiger partial charge in [-0.25, -0.2) is 4.79 Å². The van der Waals surface area contributed by atoms with E-state index in [1.807, 2.05) is 33.3 Å². The first-order valence-corrected chi connectivity index (χ1v) is 20.3. The van der Waals surface area contributed by atoms with E-state index in [9.17, 15) is 19.5 Å². The molecule has 0 saturated heterocycles. The molecular formula is C46H74NO7+. The maximum Gasteiger partial charge on any atom is 0.362 e. The Bertz CT molecular complexity index is 1200. The zero-order chi connectivity index (χ0) is 40.0. The van der Waals surface area contributed by atoms with Crippen LogP contribution in [0.15, 0.2) is 97.2 Å². The van der Waals surface area contributed by atoms with Crippen molar-refractivity contribution in [3.05, 3.63) is 97.2 Å². The average Bonchev–Trinajstić information content (AvgIpc) is 3.12. The maximum atomic E-state index is 12.7. The number of ether oxygens (including phenoxy) is 3. The minimum atomic E-state index is -0.898. The highest BCUT2D eigenvalue weighted by Gasteiger charge is 2.31. The molecule has 2 atom stereocenters. The molecule has 0 aromatic carbocycles. The number of quaternary nitrogens is 1. The second-order valence-electron chi connectivity index (χ2n) is 14.2. The van der Waals surface area contributed by atoms with Crippen LogP contribution in [0.5, 0.6) is 0 Å². The number of aliphatic carboxylic acids is 1. The average molecular weight is 753 g/mol. The van der Waals surface area contributed by atoms with E-state index < -0.39 is 24.1 Å². The molecule has 0 amide bonds. The van der Waals surface area contributed by atoms with Gasteiger partial charge in [0.2, 0.25) is 0 Å². The van der Waals surface area contributed by atoms with Gasteiger partial charge < -0.3 is 23.8 Å². The molecule has 8 nitrogen and oxygen atoms in total. The molecule has 0 fully saturated rings. The summed E-state index contributed by atoms with van der Waals surface area (Å²) in [6.07, 6.45) is 47.8. The Balaban J connectivity index is 4.51. The third-order valence-electron chi connectivity index (χ3n) is 8.25. The Labute approximate surface area is 328 Å². The van der Waals surface area contributed by atoms with E-state index in [1.54, 1.807) is 6.08 Å². The van der Waals surface area contributed by atoms with E-state index in [1.165, 1.54) is 25.7 Å². The van der Waals surface area contributed by atoms with Gasteiger partial charge in [0, 0.05) is 12.8 Å². The minimum Gasteiger partial charge on any atom is -0.477 e. The van der Waals surface area contributed by atoms with Crippen LogP contribution in [0.3, 0.4) is 0 Å². The van der Waals surface area contributed by atoms with E-state index in [2.05, 4.69) is 92.8 Å². The number of hydrogen-bond donors (Lipinski definition) is 1. The summed E-state index contributed by atoms with van der Waals surface area (Å²) in [6.45, 7) is 4.39. The second-order valence-corrected chi connectivity index (χ2v) is 14.2. The highest BCUT2D eigenvalue weighted by Crippen LogP contribution is 2.10. The van der Waals surface area contributed by atoms with Crippen molar-refractivity contribution in [1.29, 1.82) is 0 Å². The Morgan fingerprint density at radius 2 is 1.07 bits per heavy atom. The molecule has 0 aliphatic heterocycles. The molecule has 2 unspecified atom stereocenters. The van der Waals surface area contributed by atoms with Crippen LogP contribution in [0, 0.1) is 0 Å². The van der Waals surface area contributed by atoms with Crippen LogP contribution in [0.1, 0.15) is 123 Å². The van der Waals surface area contributed by atoms with Gasteiger partial charge in [0.15, 0.2) is 12.1 Å². The number of carboxylic acid groups (broad SMARTS) is 1. The normalized spacial score (nSPS) is 14.0. The summed E-state index contributed by atoms with van der Waals surface area (Å²) in [7, 11) is 5.46. The number of nitrogens with zero attached hydrogens (tertiary/aromatic N) is 1. The third-order valence-corrected chi connectivity index (χ3v) is 8.25. The lowest BCUT2D eigenvalue weighted by atomic mass is 10.1. The number of rotatable bonds is 34. The lowest BCUT2D eigenvalue weighted by Gasteiger charge is -2.31. The van der Waals surface area contributed by atoms with Gasteiger partial charge in [-0.15, -0.1) is 0 Å². The molecule has 0 heterocycles. The van der Waals surface area contributed by atoms with Crippen LogP contribution in [0.4, 0.5) is 0 Å². The van der Waals surface area contributed by atoms with Crippen LogP contribution in [0.25, 0.3) is 0 Å². The SMILES string of the molecule is CC/C=C/C/C=C/C/C=C/CC(=O)OCC(COCCC(C(=O)O)[N+](C)(C)C)OC(=O)CCCC/C=C/C/C=C/C/C=C/C/C=C/C/C=C/CCCCC. The first-order valence-electron chi connectivity index (χ1n) is 20.3. The van der Waals surface area contributed by atoms with Gasteiger partial charge in [-0.3, -0.25) is 9.59 Å². The monoisotopic (exact) mass is 753 g/mol. The van der Waals surface area contributed by atoms with Gasteiger partial charge in [0.05, 0.1) is 40.8 Å². The van der Waals surface area contributed by atoms with E-state index in [4.69, 9.17) is 14.2 Å². The van der Waals surface area contributed by atoms with Gasteiger partial charge >= 0.3 is 17.9 Å². The van der Waals surface area contributed by atoms with Crippen LogP contribution < -0.4 is 0 Å². The zero-order valence-corrected chi connectivity index (χ0v) is 34.4. The predicted molar refractivity (Wildman–Crippen MR) is 224 cm³/mol. The fraction of sp³-hybridized carbons (Fsp3) is 0.587. The molecule has 0 aliphatic rings. The Morgan fingerprint density at radius 3 is 1.56 bits per heavy atom. The molecule has 0 bridgehead atoms. The summed E-state index contributed by atoms with van der Waals surface area (Å²) >= 11 is 0. The van der Waals surface area contributed by atoms with Gasteiger partial charge in [0.1, 0.15) is 6.61 Å². The standard InChI is InChI=1S/C46H73NO7/c1-6-8-10-12-14-16-17-18-19-20-21-22-23-24-25-26-27-29-31-33-35-37-45(49)54-42(40-52-39-38-43(46(50)51)47(3,4)5)41-53-44(48)36-34-32-30-28-15-13-11-9-7-2/h9,11,14-16,18-19,21-22,24-25,27-29,32,34,42-43H,6-8,10,12-13,17,20,23,26,30-31,33,35-41H2,1-5H3/p+1/b11-9+,16-14+,19-18+,22-21+,25-24+,28-15+,29-27+,34-32+. The Kier molecular flexibility index (Phi) is 33.7. The maximum absolute atomic E-state index is 12.7. The van der Waals surface area contributed by atoms with Crippen LogP contribution in [-0.2, 0) is 28.6 Å². The van der Waals surface area contributed by atoms with Crippen molar-refractivity contribution in [3.8, 4) is 0 Å². The fourth-order valence-corrected chi connectivity index (χ4v) is 5.11. The lowest BCUT2D eigenvalue weighted by Crippen LogP contribution is -2.50. The minimum absolute atomic E-state index is 0.00975. The fourth-order valence-electron chi connectivity index (χ4n) is 5.11. The largest absolute Gasteiger partial charge is 0.477 e. The van der Waals surface area contributed by atoms with E-state index in [-0.39, 0.29) is 43.1 Å². The molecule has 54 heavy (non-hydrogen) atoms. The predicted octanol–water partition coefficient (Wildman–Crippen LogP) is 10.7. The van der Waals surface area contributed by atoms with E-state index in [0.717, 1.165) is 57.8 Å². The highest BCUT2D eigenvalue weighted by atomic mass is 16.6. The molecule has 0 aromatic heterocycles. The van der Waals surface area contributed by atoms with Gasteiger partial charge in [-0.2, -0.15) is 0 Å². The topological polar surface area (TPSA) is 99.1 Å². The molecule has 0 spiro atoms. The second kappa shape index (κ2) is 36.2. The quantitative estimate of drug-likeness (QED) is 0.0302. The van der Waals surface area contributed by atoms with Gasteiger partial charge in [-0.05, 0) is 77.0 Å². The summed E-state index contributed by atoms with van der Waals surface area (Å²) in [4.78, 5) is 36.7. The number of carbonyl (C=O) groups excluding carboxylic acids is 2. The molecule has 0 saturated carbocycles. The molecule has 0 rings (SSSR count). The van der Waals surface area contributed by atoms with Crippen molar-refractivity contribution < 1.29 is 38.2 Å². The van der Waals surface area contributed by atoms with Gasteiger partial charge in [-0.1, -0.05) is 124 Å². The van der Waals surface area contributed by atoms with Crippen molar-refractivity contribution in [1.82, 2.24) is 0 Å². The summed E-state index contributed by atoms with van der Waals surface area (Å²) in [5.74, 6) is -1.69. The van der Waals surface area contributed by atoms with Gasteiger partial charge in [0.25, 0.3) is 0 Å². The van der Waals surface area contributed by atoms with Crippen molar-refractivity contribution in [2.75, 3.05) is 41.0 Å².